The summed E-state index contributed by atoms with van der Waals surface area (Å²) in [5.74, 6) is -1.41. The maximum absolute atomic E-state index is 13.6. The number of piperidine rings is 1. The number of rotatable bonds is 2. The van der Waals surface area contributed by atoms with Crippen LogP contribution in [0.3, 0.4) is 0 Å². The minimum atomic E-state index is -4.58. The Morgan fingerprint density at radius 2 is 2.08 bits per heavy atom. The van der Waals surface area contributed by atoms with Crippen LogP contribution in [0.2, 0.25) is 0 Å². The van der Waals surface area contributed by atoms with Crippen LogP contribution in [0.4, 0.5) is 18.9 Å². The SMILES string of the molecule is N#Cc1ccc(N2C[C@@]3(C(=O)O)C[C@@]3(C(F)(F)F)C2)c2cccnc12. The van der Waals surface area contributed by atoms with Gasteiger partial charge in [0.2, 0.25) is 0 Å². The molecule has 4 rings (SSSR count). The van der Waals surface area contributed by atoms with E-state index in [0.717, 1.165) is 0 Å². The van der Waals surface area contributed by atoms with Gasteiger partial charge in [0.05, 0.1) is 11.1 Å². The van der Waals surface area contributed by atoms with Crippen LogP contribution in [0.25, 0.3) is 10.9 Å². The van der Waals surface area contributed by atoms with Gasteiger partial charge in [-0.25, -0.2) is 0 Å². The molecule has 0 spiro atoms. The summed E-state index contributed by atoms with van der Waals surface area (Å²) < 4.78 is 40.7. The van der Waals surface area contributed by atoms with Crippen molar-refractivity contribution in [3.05, 3.63) is 36.0 Å². The number of carbonyl (C=O) groups is 1. The second-order valence-electron chi connectivity index (χ2n) is 6.64. The van der Waals surface area contributed by atoms with Crippen LogP contribution in [0.5, 0.6) is 0 Å². The summed E-state index contributed by atoms with van der Waals surface area (Å²) in [5, 5.41) is 19.1. The lowest BCUT2D eigenvalue weighted by Crippen LogP contribution is -2.34. The van der Waals surface area contributed by atoms with E-state index in [-0.39, 0.29) is 13.0 Å². The summed E-state index contributed by atoms with van der Waals surface area (Å²) >= 11 is 0. The van der Waals surface area contributed by atoms with Crippen LogP contribution in [0.15, 0.2) is 30.5 Å². The molecule has 5 nitrogen and oxygen atoms in total. The quantitative estimate of drug-likeness (QED) is 0.904. The second kappa shape index (κ2) is 4.63. The Kier molecular flexibility index (Phi) is 2.90. The molecule has 1 aliphatic heterocycles. The molecule has 0 amide bonds. The number of fused-ring (bicyclic) bond motifs is 2. The van der Waals surface area contributed by atoms with Crippen molar-refractivity contribution in [2.75, 3.05) is 18.0 Å². The first kappa shape index (κ1) is 15.7. The first-order chi connectivity index (χ1) is 11.8. The van der Waals surface area contributed by atoms with Crippen LogP contribution in [0, 0.1) is 22.2 Å². The van der Waals surface area contributed by atoms with Gasteiger partial charge in [0.15, 0.2) is 0 Å². The van der Waals surface area contributed by atoms with E-state index >= 15 is 0 Å². The molecule has 1 N–H and O–H groups in total. The molecule has 2 aliphatic rings. The summed E-state index contributed by atoms with van der Waals surface area (Å²) in [6.45, 7) is -0.615. The van der Waals surface area contributed by atoms with Gasteiger partial charge in [-0.15, -0.1) is 0 Å². The molecular weight excluding hydrogens is 335 g/mol. The smallest absolute Gasteiger partial charge is 0.397 e. The van der Waals surface area contributed by atoms with Crippen molar-refractivity contribution in [3.8, 4) is 6.07 Å². The third-order valence-corrected chi connectivity index (χ3v) is 5.48. The number of benzene rings is 1. The molecule has 25 heavy (non-hydrogen) atoms. The van der Waals surface area contributed by atoms with Crippen molar-refractivity contribution in [2.45, 2.75) is 12.6 Å². The number of aromatic nitrogens is 1. The normalized spacial score (nSPS) is 27.8. The molecule has 8 heteroatoms. The molecule has 1 aliphatic carbocycles. The first-order valence-electron chi connectivity index (χ1n) is 7.59. The van der Waals surface area contributed by atoms with E-state index in [1.165, 1.54) is 17.2 Å². The lowest BCUT2D eigenvalue weighted by molar-refractivity contribution is -0.194. The third kappa shape index (κ3) is 1.83. The number of anilines is 1. The lowest BCUT2D eigenvalue weighted by atomic mass is 9.96. The van der Waals surface area contributed by atoms with Crippen molar-refractivity contribution in [2.24, 2.45) is 10.8 Å². The lowest BCUT2D eigenvalue weighted by Gasteiger charge is -2.25. The number of hydrogen-bond donors (Lipinski definition) is 1. The molecule has 128 valence electrons. The Hall–Kier alpha value is -2.82. The van der Waals surface area contributed by atoms with Crippen LogP contribution in [-0.2, 0) is 4.79 Å². The average molecular weight is 347 g/mol. The fraction of sp³-hybridized carbons (Fsp3) is 0.353. The Morgan fingerprint density at radius 3 is 2.68 bits per heavy atom. The molecule has 2 heterocycles. The minimum absolute atomic E-state index is 0.211. The fourth-order valence-electron chi connectivity index (χ4n) is 4.10. The number of carboxylic acids is 1. The maximum atomic E-state index is 13.6. The summed E-state index contributed by atoms with van der Waals surface area (Å²) in [5.41, 5.74) is -2.82. The highest BCUT2D eigenvalue weighted by Gasteiger charge is 2.86. The number of carboxylic acid groups (broad SMARTS) is 1. The van der Waals surface area contributed by atoms with Gasteiger partial charge < -0.3 is 10.0 Å². The van der Waals surface area contributed by atoms with E-state index in [2.05, 4.69) is 4.98 Å². The summed E-state index contributed by atoms with van der Waals surface area (Å²) in [4.78, 5) is 17.2. The summed E-state index contributed by atoms with van der Waals surface area (Å²) in [6.07, 6.45) is -3.47. The first-order valence-corrected chi connectivity index (χ1v) is 7.59. The standard InChI is InChI=1S/C17H12F3N3O2/c18-17(19,20)16-7-15(16,14(24)25)8-23(9-16)12-4-3-10(6-21)13-11(12)2-1-5-22-13/h1-5H,7-9H2,(H,24,25)/t15-,16-/m1/s1. The fourth-order valence-corrected chi connectivity index (χ4v) is 4.10. The molecular formula is C17H12F3N3O2. The summed E-state index contributed by atoms with van der Waals surface area (Å²) in [6, 6.07) is 8.38. The van der Waals surface area contributed by atoms with Crippen LogP contribution >= 0.6 is 0 Å². The Balaban J connectivity index is 1.83. The number of halogens is 3. The molecule has 0 unspecified atom stereocenters. The van der Waals surface area contributed by atoms with E-state index in [0.29, 0.717) is 22.2 Å². The molecule has 0 bridgehead atoms. The van der Waals surface area contributed by atoms with Gasteiger partial charge in [-0.1, -0.05) is 0 Å². The van der Waals surface area contributed by atoms with Crippen molar-refractivity contribution >= 4 is 22.6 Å². The van der Waals surface area contributed by atoms with Gasteiger partial charge in [-0.2, -0.15) is 18.4 Å². The topological polar surface area (TPSA) is 77.2 Å². The molecule has 1 aromatic carbocycles. The molecule has 2 fully saturated rings. The van der Waals surface area contributed by atoms with E-state index < -0.39 is 29.5 Å². The average Bonchev–Trinajstić information content (AvgIpc) is 3.12. The second-order valence-corrected chi connectivity index (χ2v) is 6.64. The number of aliphatic carboxylic acids is 1. The van der Waals surface area contributed by atoms with Gasteiger partial charge in [0.25, 0.3) is 0 Å². The molecule has 1 saturated heterocycles. The Labute approximate surface area is 140 Å². The predicted octanol–water partition coefficient (Wildman–Crippen LogP) is 2.95. The predicted molar refractivity (Wildman–Crippen MR) is 81.8 cm³/mol. The number of pyridine rings is 1. The number of alkyl halides is 3. The number of nitrogens with zero attached hydrogens (tertiary/aromatic N) is 3. The van der Waals surface area contributed by atoms with Gasteiger partial charge in [-0.05, 0) is 30.7 Å². The zero-order chi connectivity index (χ0) is 18.0. The monoisotopic (exact) mass is 347 g/mol. The number of nitriles is 1. The highest BCUT2D eigenvalue weighted by Crippen LogP contribution is 2.75. The van der Waals surface area contributed by atoms with E-state index in [1.54, 1.807) is 18.2 Å². The summed E-state index contributed by atoms with van der Waals surface area (Å²) in [7, 11) is 0. The van der Waals surface area contributed by atoms with Crippen molar-refractivity contribution in [1.82, 2.24) is 4.98 Å². The largest absolute Gasteiger partial charge is 0.481 e. The highest BCUT2D eigenvalue weighted by atomic mass is 19.4. The van der Waals surface area contributed by atoms with Gasteiger partial charge >= 0.3 is 12.1 Å². The van der Waals surface area contributed by atoms with Crippen molar-refractivity contribution < 1.29 is 23.1 Å². The maximum Gasteiger partial charge on any atom is 0.397 e. The van der Waals surface area contributed by atoms with Crippen LogP contribution in [0.1, 0.15) is 12.0 Å². The van der Waals surface area contributed by atoms with E-state index in [4.69, 9.17) is 0 Å². The van der Waals surface area contributed by atoms with Crippen molar-refractivity contribution in [3.63, 3.8) is 0 Å². The molecule has 2 atom stereocenters. The third-order valence-electron chi connectivity index (χ3n) is 5.48. The van der Waals surface area contributed by atoms with Crippen LogP contribution < -0.4 is 4.90 Å². The number of hydrogen-bond acceptors (Lipinski definition) is 4. The molecule has 1 aromatic heterocycles. The van der Waals surface area contributed by atoms with E-state index in [1.807, 2.05) is 6.07 Å². The highest BCUT2D eigenvalue weighted by molar-refractivity contribution is 5.96. The van der Waals surface area contributed by atoms with Crippen molar-refractivity contribution in [1.29, 1.82) is 5.26 Å². The van der Waals surface area contributed by atoms with E-state index in [9.17, 15) is 28.3 Å². The van der Waals surface area contributed by atoms with Gasteiger partial charge in [0.1, 0.15) is 16.9 Å². The molecule has 2 aromatic rings. The zero-order valence-electron chi connectivity index (χ0n) is 12.8. The van der Waals surface area contributed by atoms with Gasteiger partial charge in [0, 0.05) is 30.4 Å². The Morgan fingerprint density at radius 1 is 1.32 bits per heavy atom. The zero-order valence-corrected chi connectivity index (χ0v) is 12.8. The minimum Gasteiger partial charge on any atom is -0.481 e. The molecule has 0 radical (unpaired) electrons. The van der Waals surface area contributed by atoms with Gasteiger partial charge in [-0.3, -0.25) is 9.78 Å². The van der Waals surface area contributed by atoms with Crippen LogP contribution in [-0.4, -0.2) is 35.3 Å². The Bertz CT molecular complexity index is 952. The molecule has 1 saturated carbocycles.